The van der Waals surface area contributed by atoms with Gasteiger partial charge in [-0.15, -0.1) is 0 Å². The van der Waals surface area contributed by atoms with Crippen LogP contribution < -0.4 is 5.32 Å². The molecule has 1 N–H and O–H groups in total. The Balaban J connectivity index is 1.47. The summed E-state index contributed by atoms with van der Waals surface area (Å²) in [7, 11) is 0. The molecule has 1 aliphatic heterocycles. The van der Waals surface area contributed by atoms with E-state index in [1.54, 1.807) is 19.1 Å². The average molecular weight is 341 g/mol. The van der Waals surface area contributed by atoms with Crippen molar-refractivity contribution in [2.24, 2.45) is 0 Å². The largest absolute Gasteiger partial charge is 0.459 e. The molecule has 1 unspecified atom stereocenters. The third-order valence-corrected chi connectivity index (χ3v) is 4.40. The van der Waals surface area contributed by atoms with Gasteiger partial charge in [-0.05, 0) is 24.6 Å². The summed E-state index contributed by atoms with van der Waals surface area (Å²) in [6.07, 6.45) is 1.44. The first kappa shape index (κ1) is 17.2. The summed E-state index contributed by atoms with van der Waals surface area (Å²) in [4.78, 5) is 28.7. The number of furan rings is 1. The second kappa shape index (κ2) is 7.98. The number of hydrogen-bond donors (Lipinski definition) is 1. The molecule has 6 nitrogen and oxygen atoms in total. The Morgan fingerprint density at radius 1 is 1.08 bits per heavy atom. The zero-order valence-corrected chi connectivity index (χ0v) is 14.4. The van der Waals surface area contributed by atoms with Crippen molar-refractivity contribution in [3.05, 3.63) is 60.1 Å². The molecule has 1 saturated heterocycles. The van der Waals surface area contributed by atoms with E-state index in [0.29, 0.717) is 13.1 Å². The fourth-order valence-electron chi connectivity index (χ4n) is 2.98. The predicted molar refractivity (Wildman–Crippen MR) is 93.9 cm³/mol. The van der Waals surface area contributed by atoms with Crippen LogP contribution in [0.15, 0.2) is 53.1 Å². The number of carbonyl (C=O) groups is 2. The van der Waals surface area contributed by atoms with Gasteiger partial charge in [-0.2, -0.15) is 0 Å². The van der Waals surface area contributed by atoms with Gasteiger partial charge in [0.05, 0.1) is 6.26 Å². The topological polar surface area (TPSA) is 65.8 Å². The van der Waals surface area contributed by atoms with Crippen LogP contribution in [0.5, 0.6) is 0 Å². The van der Waals surface area contributed by atoms with E-state index in [-0.39, 0.29) is 17.6 Å². The Bertz CT molecular complexity index is 692. The lowest BCUT2D eigenvalue weighted by atomic mass is 10.2. The maximum absolute atomic E-state index is 12.5. The van der Waals surface area contributed by atoms with Crippen LogP contribution in [0.2, 0.25) is 0 Å². The van der Waals surface area contributed by atoms with Gasteiger partial charge in [-0.3, -0.25) is 14.5 Å². The predicted octanol–water partition coefficient (Wildman–Crippen LogP) is 1.74. The Kier molecular flexibility index (Phi) is 5.50. The summed E-state index contributed by atoms with van der Waals surface area (Å²) in [6.45, 7) is 5.62. The summed E-state index contributed by atoms with van der Waals surface area (Å²) in [5.41, 5.74) is 1.28. The van der Waals surface area contributed by atoms with Gasteiger partial charge < -0.3 is 14.6 Å². The molecule has 25 heavy (non-hydrogen) atoms. The SMILES string of the molecule is CC(NC(=O)c1ccco1)C(=O)N1CCN(Cc2ccccc2)CC1. The first-order chi connectivity index (χ1) is 12.1. The lowest BCUT2D eigenvalue weighted by Crippen LogP contribution is -2.53. The quantitative estimate of drug-likeness (QED) is 0.900. The zero-order valence-electron chi connectivity index (χ0n) is 14.4. The van der Waals surface area contributed by atoms with Crippen molar-refractivity contribution < 1.29 is 14.0 Å². The first-order valence-electron chi connectivity index (χ1n) is 8.53. The molecule has 1 atom stereocenters. The fourth-order valence-corrected chi connectivity index (χ4v) is 2.98. The highest BCUT2D eigenvalue weighted by Crippen LogP contribution is 2.10. The Morgan fingerprint density at radius 3 is 2.44 bits per heavy atom. The van der Waals surface area contributed by atoms with Crippen LogP contribution in [-0.2, 0) is 11.3 Å². The number of amides is 2. The van der Waals surface area contributed by atoms with Crippen molar-refractivity contribution in [1.29, 1.82) is 0 Å². The van der Waals surface area contributed by atoms with E-state index in [0.717, 1.165) is 19.6 Å². The number of benzene rings is 1. The lowest BCUT2D eigenvalue weighted by Gasteiger charge is -2.36. The number of nitrogens with one attached hydrogen (secondary N) is 1. The molecular weight excluding hydrogens is 318 g/mol. The molecule has 0 spiro atoms. The molecule has 132 valence electrons. The Hall–Kier alpha value is -2.60. The van der Waals surface area contributed by atoms with Crippen LogP contribution in [0.25, 0.3) is 0 Å². The minimum Gasteiger partial charge on any atom is -0.459 e. The van der Waals surface area contributed by atoms with E-state index in [4.69, 9.17) is 4.42 Å². The average Bonchev–Trinajstić information content (AvgIpc) is 3.17. The van der Waals surface area contributed by atoms with Crippen molar-refractivity contribution in [2.45, 2.75) is 19.5 Å². The number of hydrogen-bond acceptors (Lipinski definition) is 4. The second-order valence-corrected chi connectivity index (χ2v) is 6.26. The molecule has 1 fully saturated rings. The molecule has 1 aromatic heterocycles. The van der Waals surface area contributed by atoms with E-state index in [1.807, 2.05) is 23.1 Å². The van der Waals surface area contributed by atoms with Gasteiger partial charge >= 0.3 is 0 Å². The minimum absolute atomic E-state index is 0.0562. The maximum Gasteiger partial charge on any atom is 0.287 e. The molecule has 0 bridgehead atoms. The number of carbonyl (C=O) groups excluding carboxylic acids is 2. The minimum atomic E-state index is -0.571. The monoisotopic (exact) mass is 341 g/mol. The Labute approximate surface area is 147 Å². The Morgan fingerprint density at radius 2 is 1.80 bits per heavy atom. The summed E-state index contributed by atoms with van der Waals surface area (Å²) in [6, 6.07) is 13.0. The third kappa shape index (κ3) is 4.48. The van der Waals surface area contributed by atoms with Crippen molar-refractivity contribution in [3.8, 4) is 0 Å². The molecule has 1 aromatic carbocycles. The highest BCUT2D eigenvalue weighted by Gasteiger charge is 2.26. The van der Waals surface area contributed by atoms with Crippen LogP contribution in [-0.4, -0.2) is 53.8 Å². The van der Waals surface area contributed by atoms with Crippen LogP contribution in [0.3, 0.4) is 0 Å². The molecule has 2 heterocycles. The molecule has 6 heteroatoms. The smallest absolute Gasteiger partial charge is 0.287 e. The van der Waals surface area contributed by atoms with Gasteiger partial charge in [-0.25, -0.2) is 0 Å². The van der Waals surface area contributed by atoms with E-state index in [9.17, 15) is 9.59 Å². The van der Waals surface area contributed by atoms with Crippen LogP contribution >= 0.6 is 0 Å². The summed E-state index contributed by atoms with van der Waals surface area (Å²) in [5.74, 6) is -0.208. The van der Waals surface area contributed by atoms with Crippen LogP contribution in [0.1, 0.15) is 23.0 Å². The van der Waals surface area contributed by atoms with Gasteiger partial charge in [-0.1, -0.05) is 30.3 Å². The fraction of sp³-hybridized carbons (Fsp3) is 0.368. The highest BCUT2D eigenvalue weighted by molar-refractivity contribution is 5.95. The molecule has 0 saturated carbocycles. The van der Waals surface area contributed by atoms with E-state index < -0.39 is 6.04 Å². The van der Waals surface area contributed by atoms with Gasteiger partial charge in [0, 0.05) is 32.7 Å². The molecule has 0 aliphatic carbocycles. The van der Waals surface area contributed by atoms with Crippen LogP contribution in [0, 0.1) is 0 Å². The van der Waals surface area contributed by atoms with Gasteiger partial charge in [0.2, 0.25) is 5.91 Å². The number of piperazine rings is 1. The van der Waals surface area contributed by atoms with Crippen molar-refractivity contribution in [2.75, 3.05) is 26.2 Å². The molecule has 2 aromatic rings. The number of nitrogens with zero attached hydrogens (tertiary/aromatic N) is 2. The normalized spacial score (nSPS) is 16.4. The van der Waals surface area contributed by atoms with Crippen molar-refractivity contribution in [3.63, 3.8) is 0 Å². The van der Waals surface area contributed by atoms with E-state index in [1.165, 1.54) is 11.8 Å². The van der Waals surface area contributed by atoms with Crippen LogP contribution in [0.4, 0.5) is 0 Å². The van der Waals surface area contributed by atoms with Gasteiger partial charge in [0.25, 0.3) is 5.91 Å². The number of rotatable bonds is 5. The standard InChI is InChI=1S/C19H23N3O3/c1-15(20-18(23)17-8-5-13-25-17)19(24)22-11-9-21(10-12-22)14-16-6-3-2-4-7-16/h2-8,13,15H,9-12,14H2,1H3,(H,20,23). The van der Waals surface area contributed by atoms with E-state index in [2.05, 4.69) is 22.3 Å². The molecule has 0 radical (unpaired) electrons. The van der Waals surface area contributed by atoms with Gasteiger partial charge in [0.15, 0.2) is 5.76 Å². The van der Waals surface area contributed by atoms with Gasteiger partial charge in [0.1, 0.15) is 6.04 Å². The molecule has 1 aliphatic rings. The zero-order chi connectivity index (χ0) is 17.6. The summed E-state index contributed by atoms with van der Waals surface area (Å²) >= 11 is 0. The lowest BCUT2D eigenvalue weighted by molar-refractivity contribution is -0.134. The molecule has 2 amide bonds. The summed E-state index contributed by atoms with van der Waals surface area (Å²) < 4.78 is 5.05. The third-order valence-electron chi connectivity index (χ3n) is 4.40. The highest BCUT2D eigenvalue weighted by atomic mass is 16.3. The molecular formula is C19H23N3O3. The second-order valence-electron chi connectivity index (χ2n) is 6.26. The molecule has 3 rings (SSSR count). The van der Waals surface area contributed by atoms with E-state index >= 15 is 0 Å². The maximum atomic E-state index is 12.5. The van der Waals surface area contributed by atoms with Crippen molar-refractivity contribution in [1.82, 2.24) is 15.1 Å². The first-order valence-corrected chi connectivity index (χ1v) is 8.53. The summed E-state index contributed by atoms with van der Waals surface area (Å²) in [5, 5.41) is 2.69. The van der Waals surface area contributed by atoms with Crippen molar-refractivity contribution >= 4 is 11.8 Å².